The van der Waals surface area contributed by atoms with Crippen LogP contribution in [0.5, 0.6) is 0 Å². The Labute approximate surface area is 164 Å². The van der Waals surface area contributed by atoms with Gasteiger partial charge in [0.05, 0.1) is 0 Å². The molecule has 2 aromatic heterocycles. The molecular weight excluding hydrogens is 493 g/mol. The van der Waals surface area contributed by atoms with E-state index in [-0.39, 0.29) is 21.1 Å². The maximum absolute atomic E-state index is 4.39. The fourth-order valence-corrected chi connectivity index (χ4v) is 2.83. The summed E-state index contributed by atoms with van der Waals surface area (Å²) >= 11 is 0. The maximum atomic E-state index is 4.39. The van der Waals surface area contributed by atoms with Crippen molar-refractivity contribution in [3.63, 3.8) is 0 Å². The van der Waals surface area contributed by atoms with Gasteiger partial charge in [-0.05, 0) is 24.3 Å². The van der Waals surface area contributed by atoms with E-state index >= 15 is 0 Å². The minimum Gasteiger partial charge on any atom is -0.402 e. The third kappa shape index (κ3) is 4.37. The van der Waals surface area contributed by atoms with Crippen molar-refractivity contribution in [2.24, 2.45) is 0 Å². The molecule has 2 aliphatic heterocycles. The van der Waals surface area contributed by atoms with Crippen molar-refractivity contribution in [2.45, 2.75) is 0 Å². The van der Waals surface area contributed by atoms with Gasteiger partial charge >= 0.3 is 15.1 Å². The fraction of sp³-hybridized carbons (Fsp3) is 0.250. The van der Waals surface area contributed by atoms with Crippen LogP contribution in [0.15, 0.2) is 61.2 Å². The van der Waals surface area contributed by atoms with E-state index in [0.717, 1.165) is 37.8 Å². The summed E-state index contributed by atoms with van der Waals surface area (Å²) in [6.45, 7) is 3.83. The zero-order valence-electron chi connectivity index (χ0n) is 13.8. The summed E-state index contributed by atoms with van der Waals surface area (Å²) in [5.41, 5.74) is 0. The smallest absolute Gasteiger partial charge is 0.392 e. The topological polar surface area (TPSA) is 38.7 Å². The molecule has 0 saturated carbocycles. The third-order valence-corrected chi connectivity index (χ3v) is 4.11. The van der Waals surface area contributed by atoms with E-state index in [2.05, 4.69) is 56.7 Å². The average Bonchev–Trinajstić information content (AvgIpc) is 3.31. The van der Waals surface area contributed by atoms with Gasteiger partial charge < -0.3 is 19.2 Å². The number of hydrogen-bond donors (Lipinski definition) is 0. The van der Waals surface area contributed by atoms with Gasteiger partial charge in [-0.15, -0.1) is 0 Å². The van der Waals surface area contributed by atoms with Crippen molar-refractivity contribution in [1.82, 2.24) is 19.6 Å². The predicted octanol–water partition coefficient (Wildman–Crippen LogP) is 0.958. The van der Waals surface area contributed by atoms with E-state index in [4.69, 9.17) is 0 Å². The van der Waals surface area contributed by atoms with Crippen LogP contribution in [0.3, 0.4) is 0 Å². The summed E-state index contributed by atoms with van der Waals surface area (Å²) in [5, 5.41) is 0. The van der Waals surface area contributed by atoms with E-state index in [9.17, 15) is 0 Å². The van der Waals surface area contributed by atoms with Gasteiger partial charge in [0.25, 0.3) is 0 Å². The first-order valence-electron chi connectivity index (χ1n) is 8.14. The number of aromatic nitrogens is 2. The number of rotatable bonds is 4. The Kier molecular flexibility index (Phi) is 6.03. The second-order valence-corrected chi connectivity index (χ2v) is 5.77. The molecule has 25 heavy (non-hydrogen) atoms. The first-order chi connectivity index (χ1) is 11.9. The van der Waals surface area contributed by atoms with Gasteiger partial charge in [0.1, 0.15) is 11.6 Å². The average molecular weight is 511 g/mol. The van der Waals surface area contributed by atoms with Crippen LogP contribution in [0.2, 0.25) is 0 Å². The first-order valence-corrected chi connectivity index (χ1v) is 8.14. The summed E-state index contributed by atoms with van der Waals surface area (Å²) in [5.74, 6) is 1.98. The van der Waals surface area contributed by atoms with Crippen LogP contribution in [-0.4, -0.2) is 60.9 Å². The molecule has 2 radical (unpaired) electrons. The largest absolute Gasteiger partial charge is 0.402 e. The van der Waals surface area contributed by atoms with Crippen molar-refractivity contribution >= 4 is 26.7 Å². The molecule has 0 atom stereocenters. The molecule has 6 nitrogen and oxygen atoms in total. The quantitative estimate of drug-likeness (QED) is 0.571. The van der Waals surface area contributed by atoms with Crippen molar-refractivity contribution in [3.05, 3.63) is 61.2 Å². The molecule has 2 aliphatic rings. The summed E-state index contributed by atoms with van der Waals surface area (Å²) in [7, 11) is 4.21. The normalized spacial score (nSPS) is 16.8. The molecule has 0 unspecified atom stereocenters. The Morgan fingerprint density at radius 1 is 0.720 bits per heavy atom. The molecule has 0 amide bonds. The molecule has 2 aromatic rings. The Morgan fingerprint density at radius 3 is 1.60 bits per heavy atom. The summed E-state index contributed by atoms with van der Waals surface area (Å²) in [6, 6.07) is 12.0. The molecule has 128 valence electrons. The molecule has 0 spiro atoms. The van der Waals surface area contributed by atoms with Crippen molar-refractivity contribution < 1.29 is 21.1 Å². The summed E-state index contributed by atoms with van der Waals surface area (Å²) in [6.07, 6.45) is 7.88. The van der Waals surface area contributed by atoms with Crippen LogP contribution in [0.4, 0.5) is 11.6 Å². The van der Waals surface area contributed by atoms with Gasteiger partial charge in [-0.1, -0.05) is 12.1 Å². The Balaban J connectivity index is 0.00000182. The SMILES string of the molecule is [B]1N(/C=C\N2[B]N(c3ccccn3)CC2)CCN1c1ccccn1.[Pt]. The minimum absolute atomic E-state index is 0. The molecule has 9 heteroatoms. The van der Waals surface area contributed by atoms with E-state index in [1.165, 1.54) is 0 Å². The maximum Gasteiger partial charge on any atom is 0.392 e. The molecule has 0 aromatic carbocycles. The standard InChI is InChI=1S/C16H18B2N6.Pt/c1-3-7-19-15(5-1)23-13-11-21(17-23)9-10-22-12-14-24(18-22)16-6-2-4-8-20-16;/h1-10H,11-14H2;/b10-9-;. The van der Waals surface area contributed by atoms with E-state index in [1.807, 2.05) is 48.8 Å². The second-order valence-electron chi connectivity index (χ2n) is 5.77. The Bertz CT molecular complexity index is 630. The summed E-state index contributed by atoms with van der Waals surface area (Å²) < 4.78 is 0. The molecular formula is C16H18B2N6Pt. The van der Waals surface area contributed by atoms with Gasteiger partial charge in [-0.2, -0.15) is 0 Å². The fourth-order valence-electron chi connectivity index (χ4n) is 2.83. The van der Waals surface area contributed by atoms with Crippen LogP contribution < -0.4 is 9.62 Å². The van der Waals surface area contributed by atoms with Gasteiger partial charge in [0.15, 0.2) is 0 Å². The molecule has 2 fully saturated rings. The van der Waals surface area contributed by atoms with E-state index < -0.39 is 0 Å². The molecule has 0 aliphatic carbocycles. The number of anilines is 2. The molecule has 4 rings (SSSR count). The zero-order chi connectivity index (χ0) is 16.2. The van der Waals surface area contributed by atoms with Crippen molar-refractivity contribution in [1.29, 1.82) is 0 Å². The summed E-state index contributed by atoms with van der Waals surface area (Å²) in [4.78, 5) is 17.5. The van der Waals surface area contributed by atoms with E-state index in [1.54, 1.807) is 0 Å². The monoisotopic (exact) mass is 511 g/mol. The third-order valence-electron chi connectivity index (χ3n) is 4.11. The van der Waals surface area contributed by atoms with Gasteiger partial charge in [-0.3, -0.25) is 0 Å². The Hall–Kier alpha value is -1.94. The zero-order valence-corrected chi connectivity index (χ0v) is 16.0. The molecule has 4 heterocycles. The molecule has 0 bridgehead atoms. The van der Waals surface area contributed by atoms with Crippen LogP contribution in [0.25, 0.3) is 0 Å². The van der Waals surface area contributed by atoms with Gasteiger partial charge in [0, 0.05) is 72.0 Å². The van der Waals surface area contributed by atoms with Crippen molar-refractivity contribution in [2.75, 3.05) is 35.8 Å². The minimum atomic E-state index is 0. The number of pyridine rings is 2. The van der Waals surface area contributed by atoms with Gasteiger partial charge in [-0.25, -0.2) is 9.97 Å². The second kappa shape index (κ2) is 8.43. The van der Waals surface area contributed by atoms with Crippen LogP contribution in [0.1, 0.15) is 0 Å². The van der Waals surface area contributed by atoms with Gasteiger partial charge in [0.2, 0.25) is 0 Å². The van der Waals surface area contributed by atoms with E-state index in [0.29, 0.717) is 0 Å². The first kappa shape index (κ1) is 17.9. The van der Waals surface area contributed by atoms with Crippen molar-refractivity contribution in [3.8, 4) is 0 Å². The van der Waals surface area contributed by atoms with Crippen LogP contribution in [-0.2, 0) is 21.1 Å². The number of hydrogen-bond acceptors (Lipinski definition) is 6. The molecule has 0 N–H and O–H groups in total. The van der Waals surface area contributed by atoms with Crippen LogP contribution >= 0.6 is 0 Å². The predicted molar refractivity (Wildman–Crippen MR) is 97.2 cm³/mol. The van der Waals surface area contributed by atoms with Crippen LogP contribution in [0, 0.1) is 0 Å². The number of nitrogens with zero attached hydrogens (tertiary/aromatic N) is 6. The Morgan fingerprint density at radius 2 is 1.20 bits per heavy atom. The molecule has 2 saturated heterocycles.